The van der Waals surface area contributed by atoms with Crippen LogP contribution in [0.5, 0.6) is 0 Å². The fourth-order valence-electron chi connectivity index (χ4n) is 1.75. The highest BCUT2D eigenvalue weighted by Crippen LogP contribution is 2.22. The maximum absolute atomic E-state index is 4.50. The average Bonchev–Trinajstić information content (AvgIpc) is 2.89. The molecule has 0 aromatic carbocycles. The molecule has 0 fully saturated rings. The summed E-state index contributed by atoms with van der Waals surface area (Å²) in [5.41, 5.74) is 1.24. The highest BCUT2D eigenvalue weighted by atomic mass is 79.9. The second-order valence-electron chi connectivity index (χ2n) is 3.71. The molecule has 90 valence electrons. The Morgan fingerprint density at radius 3 is 2.88 bits per heavy atom. The van der Waals surface area contributed by atoms with Gasteiger partial charge in [-0.25, -0.2) is 4.98 Å². The molecule has 2 rings (SSSR count). The van der Waals surface area contributed by atoms with Crippen molar-refractivity contribution in [2.24, 2.45) is 0 Å². The lowest BCUT2D eigenvalue weighted by molar-refractivity contribution is 0.817. The van der Waals surface area contributed by atoms with Crippen LogP contribution in [0.25, 0.3) is 0 Å². The van der Waals surface area contributed by atoms with Crippen molar-refractivity contribution in [1.82, 2.24) is 4.98 Å². The summed E-state index contributed by atoms with van der Waals surface area (Å²) in [4.78, 5) is 8.18. The number of thiophene rings is 1. The minimum absolute atomic E-state index is 0.844. The summed E-state index contributed by atoms with van der Waals surface area (Å²) in [7, 11) is 0. The molecule has 2 heterocycles. The average molecular weight is 311 g/mol. The largest absolute Gasteiger partial charge is 0.352 e. The molecule has 0 unspecified atom stereocenters. The number of hydrogen-bond acceptors (Lipinski definition) is 3. The lowest BCUT2D eigenvalue weighted by Crippen LogP contribution is -2.23. The zero-order valence-corrected chi connectivity index (χ0v) is 12.2. The van der Waals surface area contributed by atoms with E-state index in [4.69, 9.17) is 0 Å². The van der Waals surface area contributed by atoms with Gasteiger partial charge in [0.25, 0.3) is 0 Å². The maximum Gasteiger partial charge on any atom is 0.132 e. The predicted octanol–water partition coefficient (Wildman–Crippen LogP) is 4.06. The quantitative estimate of drug-likeness (QED) is 0.774. The van der Waals surface area contributed by atoms with Crippen LogP contribution >= 0.6 is 27.3 Å². The number of rotatable bonds is 5. The Bertz CT molecular complexity index is 456. The van der Waals surface area contributed by atoms with Gasteiger partial charge in [-0.2, -0.15) is 0 Å². The van der Waals surface area contributed by atoms with Crippen molar-refractivity contribution in [1.29, 1.82) is 0 Å². The first kappa shape index (κ1) is 12.6. The minimum Gasteiger partial charge on any atom is -0.352 e. The molecule has 0 spiro atoms. The highest BCUT2D eigenvalue weighted by molar-refractivity contribution is 9.08. The molecule has 0 aliphatic rings. The molecule has 0 atom stereocenters. The number of aromatic nitrogens is 1. The molecule has 0 N–H and O–H groups in total. The third-order valence-electron chi connectivity index (χ3n) is 2.62. The number of nitrogens with zero attached hydrogens (tertiary/aromatic N) is 2. The lowest BCUT2D eigenvalue weighted by atomic mass is 10.2. The molecule has 2 aromatic heterocycles. The van der Waals surface area contributed by atoms with E-state index in [0.717, 1.165) is 24.2 Å². The first-order valence-electron chi connectivity index (χ1n) is 5.62. The van der Waals surface area contributed by atoms with Gasteiger partial charge < -0.3 is 4.90 Å². The van der Waals surface area contributed by atoms with Crippen molar-refractivity contribution < 1.29 is 0 Å². The standard InChI is InChI=1S/C13H15BrN2S/c1-2-16(10-12-6-4-8-17-12)13-11(9-14)5-3-7-15-13/h3-8H,2,9-10H2,1H3. The fraction of sp³-hybridized carbons (Fsp3) is 0.308. The van der Waals surface area contributed by atoms with Crippen LogP contribution in [0, 0.1) is 0 Å². The van der Waals surface area contributed by atoms with Crippen LogP contribution in [-0.4, -0.2) is 11.5 Å². The van der Waals surface area contributed by atoms with E-state index in [1.54, 1.807) is 11.3 Å². The van der Waals surface area contributed by atoms with Gasteiger partial charge in [-0.05, 0) is 24.4 Å². The molecule has 2 nitrogen and oxygen atoms in total. The summed E-state index contributed by atoms with van der Waals surface area (Å²) >= 11 is 5.31. The molecule has 0 saturated heterocycles. The van der Waals surface area contributed by atoms with Gasteiger partial charge in [0.2, 0.25) is 0 Å². The van der Waals surface area contributed by atoms with Gasteiger partial charge in [0.15, 0.2) is 0 Å². The van der Waals surface area contributed by atoms with Crippen LogP contribution in [0.3, 0.4) is 0 Å². The Morgan fingerprint density at radius 1 is 1.35 bits per heavy atom. The molecule has 0 amide bonds. The Kier molecular flexibility index (Phi) is 4.57. The zero-order valence-electron chi connectivity index (χ0n) is 9.77. The molecule has 0 bridgehead atoms. The van der Waals surface area contributed by atoms with Crippen LogP contribution in [0.1, 0.15) is 17.4 Å². The van der Waals surface area contributed by atoms with Gasteiger partial charge in [0.05, 0.1) is 6.54 Å². The van der Waals surface area contributed by atoms with E-state index >= 15 is 0 Å². The Hall–Kier alpha value is -0.870. The van der Waals surface area contributed by atoms with Crippen molar-refractivity contribution in [3.05, 3.63) is 46.3 Å². The number of halogens is 1. The highest BCUT2D eigenvalue weighted by Gasteiger charge is 2.11. The summed E-state index contributed by atoms with van der Waals surface area (Å²) in [5.74, 6) is 1.08. The normalized spacial score (nSPS) is 10.5. The van der Waals surface area contributed by atoms with E-state index in [2.05, 4.69) is 56.3 Å². The Labute approximate surface area is 114 Å². The van der Waals surface area contributed by atoms with Gasteiger partial charge >= 0.3 is 0 Å². The van der Waals surface area contributed by atoms with Gasteiger partial charge in [-0.3, -0.25) is 0 Å². The van der Waals surface area contributed by atoms with Crippen molar-refractivity contribution in [3.8, 4) is 0 Å². The molecular weight excluding hydrogens is 296 g/mol. The first-order chi connectivity index (χ1) is 8.35. The fourth-order valence-corrected chi connectivity index (χ4v) is 2.90. The third-order valence-corrected chi connectivity index (χ3v) is 4.08. The minimum atomic E-state index is 0.844. The molecule has 0 saturated carbocycles. The Morgan fingerprint density at radius 2 is 2.24 bits per heavy atom. The second kappa shape index (κ2) is 6.17. The molecule has 0 aliphatic heterocycles. The second-order valence-corrected chi connectivity index (χ2v) is 5.31. The van der Waals surface area contributed by atoms with Crippen molar-refractivity contribution in [2.75, 3.05) is 11.4 Å². The van der Waals surface area contributed by atoms with E-state index < -0.39 is 0 Å². The molecule has 4 heteroatoms. The van der Waals surface area contributed by atoms with Crippen LogP contribution in [0.15, 0.2) is 35.8 Å². The topological polar surface area (TPSA) is 16.1 Å². The van der Waals surface area contributed by atoms with Gasteiger partial charge in [-0.15, -0.1) is 11.3 Å². The summed E-state index contributed by atoms with van der Waals surface area (Å²) in [6, 6.07) is 8.37. The van der Waals surface area contributed by atoms with Crippen LogP contribution in [-0.2, 0) is 11.9 Å². The smallest absolute Gasteiger partial charge is 0.132 e. The summed E-state index contributed by atoms with van der Waals surface area (Å²) in [5, 5.41) is 2.96. The Balaban J connectivity index is 2.22. The molecule has 2 aromatic rings. The first-order valence-corrected chi connectivity index (χ1v) is 7.62. The SMILES string of the molecule is CCN(Cc1cccs1)c1ncccc1CBr. The van der Waals surface area contributed by atoms with Crippen molar-refractivity contribution in [3.63, 3.8) is 0 Å². The molecule has 0 aliphatic carbocycles. The van der Waals surface area contributed by atoms with Crippen LogP contribution in [0.4, 0.5) is 5.82 Å². The molecule has 17 heavy (non-hydrogen) atoms. The summed E-state index contributed by atoms with van der Waals surface area (Å²) < 4.78 is 0. The maximum atomic E-state index is 4.50. The van der Waals surface area contributed by atoms with Crippen LogP contribution < -0.4 is 4.90 Å². The number of pyridine rings is 1. The van der Waals surface area contributed by atoms with Gasteiger partial charge in [0.1, 0.15) is 5.82 Å². The van der Waals surface area contributed by atoms with E-state index in [-0.39, 0.29) is 0 Å². The molecule has 0 radical (unpaired) electrons. The zero-order chi connectivity index (χ0) is 12.1. The predicted molar refractivity (Wildman–Crippen MR) is 77.9 cm³/mol. The van der Waals surface area contributed by atoms with E-state index in [0.29, 0.717) is 0 Å². The van der Waals surface area contributed by atoms with E-state index in [9.17, 15) is 0 Å². The van der Waals surface area contributed by atoms with Gasteiger partial charge in [-0.1, -0.05) is 28.1 Å². The third kappa shape index (κ3) is 3.07. The van der Waals surface area contributed by atoms with E-state index in [1.165, 1.54) is 10.4 Å². The number of hydrogen-bond donors (Lipinski definition) is 0. The van der Waals surface area contributed by atoms with Gasteiger partial charge in [0, 0.05) is 28.5 Å². The van der Waals surface area contributed by atoms with E-state index in [1.807, 2.05) is 12.3 Å². The van der Waals surface area contributed by atoms with Crippen molar-refractivity contribution >= 4 is 33.1 Å². The summed E-state index contributed by atoms with van der Waals surface area (Å²) in [6.45, 7) is 4.07. The summed E-state index contributed by atoms with van der Waals surface area (Å²) in [6.07, 6.45) is 1.86. The molecular formula is C13H15BrN2S. The van der Waals surface area contributed by atoms with Crippen LogP contribution in [0.2, 0.25) is 0 Å². The monoisotopic (exact) mass is 310 g/mol. The lowest BCUT2D eigenvalue weighted by Gasteiger charge is -2.23. The number of anilines is 1. The number of alkyl halides is 1. The van der Waals surface area contributed by atoms with Crippen molar-refractivity contribution in [2.45, 2.75) is 18.8 Å².